The molecule has 0 spiro atoms. The van der Waals surface area contributed by atoms with Crippen molar-refractivity contribution in [2.24, 2.45) is 0 Å². The van der Waals surface area contributed by atoms with Gasteiger partial charge in [-0.2, -0.15) is 0 Å². The standard InChI is InChI=1S/C15H14ClFN2O4/c16-11-5-9(1-3-12(11)17)2-4-13(20)18-6-10(7-18)19-14(21)8-23-15(19)22/h1,3,5,10H,2,4,6-8H2. The first-order chi connectivity index (χ1) is 11.0. The highest BCUT2D eigenvalue weighted by atomic mass is 35.5. The Balaban J connectivity index is 1.48. The van der Waals surface area contributed by atoms with Gasteiger partial charge in [0.25, 0.3) is 5.91 Å². The zero-order valence-electron chi connectivity index (χ0n) is 12.1. The van der Waals surface area contributed by atoms with Gasteiger partial charge in [0.2, 0.25) is 5.91 Å². The van der Waals surface area contributed by atoms with E-state index < -0.39 is 11.9 Å². The van der Waals surface area contributed by atoms with Crippen LogP contribution in [0.1, 0.15) is 12.0 Å². The first kappa shape index (κ1) is 15.7. The highest BCUT2D eigenvalue weighted by molar-refractivity contribution is 6.30. The fraction of sp³-hybridized carbons (Fsp3) is 0.400. The van der Waals surface area contributed by atoms with Crippen LogP contribution in [0.2, 0.25) is 5.02 Å². The molecule has 0 aliphatic carbocycles. The Morgan fingerprint density at radius 1 is 1.35 bits per heavy atom. The van der Waals surface area contributed by atoms with Gasteiger partial charge in [-0.3, -0.25) is 9.59 Å². The number of carbonyl (C=O) groups excluding carboxylic acids is 3. The molecule has 0 atom stereocenters. The number of rotatable bonds is 4. The van der Waals surface area contributed by atoms with E-state index in [4.69, 9.17) is 11.6 Å². The molecule has 8 heteroatoms. The molecule has 0 aromatic heterocycles. The smallest absolute Gasteiger partial charge is 0.417 e. The summed E-state index contributed by atoms with van der Waals surface area (Å²) in [5.41, 5.74) is 0.778. The lowest BCUT2D eigenvalue weighted by Crippen LogP contribution is -2.62. The van der Waals surface area contributed by atoms with Crippen molar-refractivity contribution in [1.82, 2.24) is 9.80 Å². The Bertz CT molecular complexity index is 659. The molecule has 122 valence electrons. The Labute approximate surface area is 136 Å². The SMILES string of the molecule is O=C(CCc1ccc(F)c(Cl)c1)N1CC(N2C(=O)COC2=O)C1. The third-order valence-corrected chi connectivity index (χ3v) is 4.27. The van der Waals surface area contributed by atoms with Gasteiger partial charge in [-0.05, 0) is 24.1 Å². The maximum Gasteiger partial charge on any atom is 0.417 e. The molecule has 2 fully saturated rings. The van der Waals surface area contributed by atoms with Crippen LogP contribution >= 0.6 is 11.6 Å². The number of imide groups is 1. The first-order valence-electron chi connectivity index (χ1n) is 7.16. The molecule has 3 amide bonds. The summed E-state index contributed by atoms with van der Waals surface area (Å²) in [5, 5.41) is 0.0324. The second kappa shape index (κ2) is 6.16. The number of benzene rings is 1. The molecule has 2 saturated heterocycles. The van der Waals surface area contributed by atoms with Crippen molar-refractivity contribution < 1.29 is 23.5 Å². The van der Waals surface area contributed by atoms with Crippen LogP contribution < -0.4 is 0 Å². The largest absolute Gasteiger partial charge is 0.439 e. The lowest BCUT2D eigenvalue weighted by atomic mass is 10.0. The Kier molecular flexibility index (Phi) is 4.21. The number of ether oxygens (including phenoxy) is 1. The van der Waals surface area contributed by atoms with E-state index in [1.165, 1.54) is 12.1 Å². The number of halogens is 2. The number of hydrogen-bond acceptors (Lipinski definition) is 4. The zero-order chi connectivity index (χ0) is 16.6. The van der Waals surface area contributed by atoms with Crippen LogP contribution in [0.5, 0.6) is 0 Å². The fourth-order valence-electron chi connectivity index (χ4n) is 2.64. The topological polar surface area (TPSA) is 66.9 Å². The molecule has 0 bridgehead atoms. The minimum absolute atomic E-state index is 0.0324. The number of aryl methyl sites for hydroxylation is 1. The first-order valence-corrected chi connectivity index (χ1v) is 7.54. The summed E-state index contributed by atoms with van der Waals surface area (Å²) >= 11 is 5.70. The molecule has 0 N–H and O–H groups in total. The lowest BCUT2D eigenvalue weighted by Gasteiger charge is -2.42. The van der Waals surface area contributed by atoms with E-state index in [0.29, 0.717) is 19.5 Å². The normalized spacial score (nSPS) is 18.2. The Hall–Kier alpha value is -2.15. The molecule has 2 aliphatic heterocycles. The molecule has 0 saturated carbocycles. The lowest BCUT2D eigenvalue weighted by molar-refractivity contribution is -0.142. The quantitative estimate of drug-likeness (QED) is 0.835. The molecule has 1 aromatic rings. The van der Waals surface area contributed by atoms with Crippen LogP contribution in [0.25, 0.3) is 0 Å². The van der Waals surface area contributed by atoms with Crippen molar-refractivity contribution in [2.75, 3.05) is 19.7 Å². The second-order valence-corrected chi connectivity index (χ2v) is 5.93. The molecule has 2 heterocycles. The predicted molar refractivity (Wildman–Crippen MR) is 78.3 cm³/mol. The summed E-state index contributed by atoms with van der Waals surface area (Å²) in [5.74, 6) is -0.941. The van der Waals surface area contributed by atoms with Gasteiger partial charge in [0.1, 0.15) is 5.82 Å². The van der Waals surface area contributed by atoms with E-state index in [9.17, 15) is 18.8 Å². The molecule has 0 radical (unpaired) electrons. The molecule has 1 aromatic carbocycles. The number of likely N-dealkylation sites (tertiary alicyclic amines) is 1. The minimum atomic E-state index is -0.645. The molecule has 3 rings (SSSR count). The summed E-state index contributed by atoms with van der Waals surface area (Å²) in [6.45, 7) is 0.419. The summed E-state index contributed by atoms with van der Waals surface area (Å²) in [7, 11) is 0. The van der Waals surface area contributed by atoms with E-state index >= 15 is 0 Å². The van der Waals surface area contributed by atoms with Crippen molar-refractivity contribution in [3.05, 3.63) is 34.6 Å². The van der Waals surface area contributed by atoms with Crippen LogP contribution in [-0.4, -0.2) is 53.4 Å². The molecule has 2 aliphatic rings. The van der Waals surface area contributed by atoms with Crippen molar-refractivity contribution in [1.29, 1.82) is 0 Å². The minimum Gasteiger partial charge on any atom is -0.439 e. The van der Waals surface area contributed by atoms with Crippen LogP contribution in [0.15, 0.2) is 18.2 Å². The predicted octanol–water partition coefficient (Wildman–Crippen LogP) is 1.60. The van der Waals surface area contributed by atoms with Crippen molar-refractivity contribution >= 4 is 29.5 Å². The third-order valence-electron chi connectivity index (χ3n) is 3.98. The summed E-state index contributed by atoms with van der Waals surface area (Å²) < 4.78 is 17.7. The fourth-order valence-corrected chi connectivity index (χ4v) is 2.85. The number of cyclic esters (lactones) is 1. The van der Waals surface area contributed by atoms with Gasteiger partial charge in [0.15, 0.2) is 6.61 Å². The second-order valence-electron chi connectivity index (χ2n) is 5.52. The summed E-state index contributed by atoms with van der Waals surface area (Å²) in [6.07, 6.45) is 0.0608. The van der Waals surface area contributed by atoms with Gasteiger partial charge < -0.3 is 9.64 Å². The average molecular weight is 341 g/mol. The van der Waals surface area contributed by atoms with Gasteiger partial charge in [-0.25, -0.2) is 14.1 Å². The van der Waals surface area contributed by atoms with E-state index in [1.807, 2.05) is 0 Å². The van der Waals surface area contributed by atoms with E-state index in [-0.39, 0.29) is 35.9 Å². The highest BCUT2D eigenvalue weighted by Gasteiger charge is 2.44. The Morgan fingerprint density at radius 3 is 2.70 bits per heavy atom. The van der Waals surface area contributed by atoms with Crippen LogP contribution in [0.4, 0.5) is 9.18 Å². The maximum atomic E-state index is 13.1. The van der Waals surface area contributed by atoms with Gasteiger partial charge in [-0.15, -0.1) is 0 Å². The third kappa shape index (κ3) is 3.14. The van der Waals surface area contributed by atoms with Gasteiger partial charge in [-0.1, -0.05) is 17.7 Å². The number of amides is 3. The van der Waals surface area contributed by atoms with Crippen molar-refractivity contribution in [2.45, 2.75) is 18.9 Å². The average Bonchev–Trinajstić information content (AvgIpc) is 2.79. The molecule has 0 unspecified atom stereocenters. The molecule has 23 heavy (non-hydrogen) atoms. The number of hydrogen-bond donors (Lipinski definition) is 0. The van der Waals surface area contributed by atoms with E-state index in [1.54, 1.807) is 11.0 Å². The summed E-state index contributed by atoms with van der Waals surface area (Å²) in [4.78, 5) is 37.6. The molecular weight excluding hydrogens is 327 g/mol. The summed E-state index contributed by atoms with van der Waals surface area (Å²) in [6, 6.07) is 4.06. The van der Waals surface area contributed by atoms with E-state index in [2.05, 4.69) is 4.74 Å². The molecular formula is C15H14ClFN2O4. The molecule has 6 nitrogen and oxygen atoms in total. The van der Waals surface area contributed by atoms with Gasteiger partial charge >= 0.3 is 6.09 Å². The maximum absolute atomic E-state index is 13.1. The van der Waals surface area contributed by atoms with Crippen LogP contribution in [0, 0.1) is 5.82 Å². The van der Waals surface area contributed by atoms with Crippen LogP contribution in [-0.2, 0) is 20.7 Å². The van der Waals surface area contributed by atoms with Gasteiger partial charge in [0.05, 0.1) is 11.1 Å². The highest BCUT2D eigenvalue weighted by Crippen LogP contribution is 2.21. The monoisotopic (exact) mass is 340 g/mol. The number of carbonyl (C=O) groups is 3. The van der Waals surface area contributed by atoms with E-state index in [0.717, 1.165) is 10.5 Å². The van der Waals surface area contributed by atoms with Crippen molar-refractivity contribution in [3.8, 4) is 0 Å². The van der Waals surface area contributed by atoms with Crippen LogP contribution in [0.3, 0.4) is 0 Å². The Morgan fingerprint density at radius 2 is 2.09 bits per heavy atom. The number of nitrogens with zero attached hydrogens (tertiary/aromatic N) is 2. The van der Waals surface area contributed by atoms with Gasteiger partial charge in [0, 0.05) is 19.5 Å². The zero-order valence-corrected chi connectivity index (χ0v) is 12.9. The van der Waals surface area contributed by atoms with Crippen molar-refractivity contribution in [3.63, 3.8) is 0 Å².